The zero-order chi connectivity index (χ0) is 21.8. The molecule has 0 saturated heterocycles. The van der Waals surface area contributed by atoms with Crippen LogP contribution in [0, 0.1) is 10.1 Å². The van der Waals surface area contributed by atoms with Gasteiger partial charge in [-0.1, -0.05) is 42.5 Å². The molecule has 1 atom stereocenters. The molecule has 156 valence electrons. The van der Waals surface area contributed by atoms with Crippen LogP contribution in [0.25, 0.3) is 10.9 Å². The van der Waals surface area contributed by atoms with Gasteiger partial charge in [-0.05, 0) is 35.4 Å². The van der Waals surface area contributed by atoms with Crippen LogP contribution in [0.4, 0.5) is 5.69 Å². The van der Waals surface area contributed by atoms with Crippen molar-refractivity contribution in [2.24, 2.45) is 0 Å². The fourth-order valence-corrected chi connectivity index (χ4v) is 3.74. The Kier molecular flexibility index (Phi) is 5.66. The molecular weight excluding hydrogens is 394 g/mol. The average molecular weight is 415 g/mol. The van der Waals surface area contributed by atoms with E-state index in [4.69, 9.17) is 4.74 Å². The number of methoxy groups -OCH3 is 1. The van der Waals surface area contributed by atoms with Crippen molar-refractivity contribution in [2.45, 2.75) is 5.92 Å². The van der Waals surface area contributed by atoms with Gasteiger partial charge in [0.25, 0.3) is 11.6 Å². The number of hydrogen-bond acceptors (Lipinski definition) is 4. The zero-order valence-electron chi connectivity index (χ0n) is 16.9. The fraction of sp³-hybridized carbons (Fsp3) is 0.125. The number of aromatic nitrogens is 1. The summed E-state index contributed by atoms with van der Waals surface area (Å²) in [6.45, 7) is 0.277. The Balaban J connectivity index is 1.67. The predicted molar refractivity (Wildman–Crippen MR) is 119 cm³/mol. The molecule has 0 spiro atoms. The van der Waals surface area contributed by atoms with Crippen molar-refractivity contribution >= 4 is 22.5 Å². The first-order valence-electron chi connectivity index (χ1n) is 9.80. The Hall–Kier alpha value is -4.13. The van der Waals surface area contributed by atoms with Crippen LogP contribution in [0.15, 0.2) is 79.0 Å². The minimum atomic E-state index is -0.546. The van der Waals surface area contributed by atoms with Crippen LogP contribution in [0.1, 0.15) is 27.4 Å². The van der Waals surface area contributed by atoms with Crippen molar-refractivity contribution in [3.05, 3.63) is 106 Å². The van der Waals surface area contributed by atoms with Gasteiger partial charge in [-0.15, -0.1) is 0 Å². The third-order valence-corrected chi connectivity index (χ3v) is 5.33. The molecule has 0 radical (unpaired) electrons. The second kappa shape index (κ2) is 8.71. The minimum Gasteiger partial charge on any atom is -0.497 e. The third kappa shape index (κ3) is 4.11. The van der Waals surface area contributed by atoms with E-state index in [1.54, 1.807) is 19.2 Å². The Labute approximate surface area is 178 Å². The smallest absolute Gasteiger partial charge is 0.282 e. The number of para-hydroxylation sites is 2. The molecule has 3 aromatic carbocycles. The third-order valence-electron chi connectivity index (χ3n) is 5.33. The van der Waals surface area contributed by atoms with Crippen molar-refractivity contribution in [2.75, 3.05) is 13.7 Å². The number of nitrogens with zero attached hydrogens (tertiary/aromatic N) is 1. The number of H-pyrrole nitrogens is 1. The SMILES string of the molecule is COc1ccc(C(CNC(=O)c2ccccc2[N+](=O)[O-])c2c[nH]c3ccccc23)cc1. The molecule has 1 amide bonds. The Bertz CT molecular complexity index is 1230. The number of nitrogens with one attached hydrogen (secondary N) is 2. The minimum absolute atomic E-state index is 0.0416. The molecular formula is C24H21N3O4. The lowest BCUT2D eigenvalue weighted by Gasteiger charge is -2.18. The number of carbonyl (C=O) groups excluding carboxylic acids is 1. The van der Waals surface area contributed by atoms with E-state index < -0.39 is 10.8 Å². The number of benzene rings is 3. The molecule has 0 saturated carbocycles. The maximum atomic E-state index is 12.8. The summed E-state index contributed by atoms with van der Waals surface area (Å²) in [6, 6.07) is 21.6. The molecule has 0 aliphatic heterocycles. The highest BCUT2D eigenvalue weighted by Crippen LogP contribution is 2.31. The van der Waals surface area contributed by atoms with Crippen LogP contribution < -0.4 is 10.1 Å². The molecule has 0 aliphatic rings. The molecule has 1 heterocycles. The van der Waals surface area contributed by atoms with Gasteiger partial charge in [-0.25, -0.2) is 0 Å². The van der Waals surface area contributed by atoms with Crippen LogP contribution in [0.3, 0.4) is 0 Å². The molecule has 7 heteroatoms. The van der Waals surface area contributed by atoms with E-state index in [9.17, 15) is 14.9 Å². The Morgan fingerprint density at radius 3 is 2.52 bits per heavy atom. The van der Waals surface area contributed by atoms with Crippen molar-refractivity contribution in [1.82, 2.24) is 10.3 Å². The topological polar surface area (TPSA) is 97.3 Å². The summed E-state index contributed by atoms with van der Waals surface area (Å²) in [7, 11) is 1.61. The van der Waals surface area contributed by atoms with Crippen LogP contribution in [0.5, 0.6) is 5.75 Å². The lowest BCUT2D eigenvalue weighted by atomic mass is 9.90. The molecule has 0 aliphatic carbocycles. The van der Waals surface area contributed by atoms with Gasteiger partial charge >= 0.3 is 0 Å². The quantitative estimate of drug-likeness (QED) is 0.339. The number of rotatable bonds is 7. The Morgan fingerprint density at radius 1 is 1.06 bits per heavy atom. The number of nitro benzene ring substituents is 1. The summed E-state index contributed by atoms with van der Waals surface area (Å²) in [5.41, 5.74) is 2.85. The fourth-order valence-electron chi connectivity index (χ4n) is 3.74. The van der Waals surface area contributed by atoms with E-state index in [0.717, 1.165) is 27.8 Å². The standard InChI is InChI=1S/C24H21N3O4/c1-31-17-12-10-16(11-13-17)20(21-15-25-22-8-4-2-6-18(21)22)14-26-24(28)19-7-3-5-9-23(19)27(29)30/h2-13,15,20,25H,14H2,1H3,(H,26,28). The lowest BCUT2D eigenvalue weighted by molar-refractivity contribution is -0.385. The predicted octanol–water partition coefficient (Wildman–Crippen LogP) is 4.65. The van der Waals surface area contributed by atoms with Crippen LogP contribution in [0.2, 0.25) is 0 Å². The number of aromatic amines is 1. The van der Waals surface area contributed by atoms with Crippen molar-refractivity contribution in [3.8, 4) is 5.75 Å². The molecule has 0 bridgehead atoms. The van der Waals surface area contributed by atoms with Gasteiger partial charge in [0.15, 0.2) is 0 Å². The molecule has 0 fully saturated rings. The Morgan fingerprint density at radius 2 is 1.77 bits per heavy atom. The zero-order valence-corrected chi connectivity index (χ0v) is 16.9. The van der Waals surface area contributed by atoms with Crippen molar-refractivity contribution in [1.29, 1.82) is 0 Å². The summed E-state index contributed by atoms with van der Waals surface area (Å²) < 4.78 is 5.26. The molecule has 31 heavy (non-hydrogen) atoms. The molecule has 7 nitrogen and oxygen atoms in total. The highest BCUT2D eigenvalue weighted by Gasteiger charge is 2.23. The molecule has 4 aromatic rings. The van der Waals surface area contributed by atoms with Crippen LogP contribution >= 0.6 is 0 Å². The maximum Gasteiger partial charge on any atom is 0.282 e. The first-order chi connectivity index (χ1) is 15.1. The second-order valence-corrected chi connectivity index (χ2v) is 7.10. The first-order valence-corrected chi connectivity index (χ1v) is 9.80. The van der Waals surface area contributed by atoms with Gasteiger partial charge in [0, 0.05) is 35.6 Å². The van der Waals surface area contributed by atoms with Gasteiger partial charge in [0.1, 0.15) is 11.3 Å². The lowest BCUT2D eigenvalue weighted by Crippen LogP contribution is -2.29. The van der Waals surface area contributed by atoms with E-state index in [1.165, 1.54) is 12.1 Å². The van der Waals surface area contributed by atoms with E-state index >= 15 is 0 Å². The van der Waals surface area contributed by atoms with E-state index in [0.29, 0.717) is 0 Å². The van der Waals surface area contributed by atoms with E-state index in [2.05, 4.69) is 10.3 Å². The molecule has 4 rings (SSSR count). The number of nitro groups is 1. The number of ether oxygens (including phenoxy) is 1. The van der Waals surface area contributed by atoms with E-state index in [-0.39, 0.29) is 23.7 Å². The number of carbonyl (C=O) groups is 1. The summed E-state index contributed by atoms with van der Waals surface area (Å²) in [5.74, 6) is 0.102. The van der Waals surface area contributed by atoms with E-state index in [1.807, 2.05) is 54.7 Å². The summed E-state index contributed by atoms with van der Waals surface area (Å²) in [5, 5.41) is 15.2. The van der Waals surface area contributed by atoms with Gasteiger partial charge in [-0.2, -0.15) is 0 Å². The average Bonchev–Trinajstić information content (AvgIpc) is 3.23. The number of fused-ring (bicyclic) bond motifs is 1. The van der Waals surface area contributed by atoms with Crippen LogP contribution in [-0.2, 0) is 0 Å². The first kappa shape index (κ1) is 20.2. The van der Waals surface area contributed by atoms with Gasteiger partial charge in [0.05, 0.1) is 12.0 Å². The normalized spacial score (nSPS) is 11.8. The van der Waals surface area contributed by atoms with Gasteiger partial charge in [-0.3, -0.25) is 14.9 Å². The molecule has 1 aromatic heterocycles. The monoisotopic (exact) mass is 415 g/mol. The molecule has 1 unspecified atom stereocenters. The summed E-state index contributed by atoms with van der Waals surface area (Å²) in [6.07, 6.45) is 1.94. The van der Waals surface area contributed by atoms with Gasteiger partial charge < -0.3 is 15.0 Å². The second-order valence-electron chi connectivity index (χ2n) is 7.10. The maximum absolute atomic E-state index is 12.8. The summed E-state index contributed by atoms with van der Waals surface area (Å²) >= 11 is 0. The largest absolute Gasteiger partial charge is 0.497 e. The van der Waals surface area contributed by atoms with Crippen LogP contribution in [-0.4, -0.2) is 29.5 Å². The van der Waals surface area contributed by atoms with Crippen molar-refractivity contribution in [3.63, 3.8) is 0 Å². The highest BCUT2D eigenvalue weighted by atomic mass is 16.6. The van der Waals surface area contributed by atoms with Crippen molar-refractivity contribution < 1.29 is 14.5 Å². The van der Waals surface area contributed by atoms with Gasteiger partial charge in [0.2, 0.25) is 0 Å². The summed E-state index contributed by atoms with van der Waals surface area (Å²) in [4.78, 5) is 26.8. The highest BCUT2D eigenvalue weighted by molar-refractivity contribution is 5.98. The number of amides is 1. The number of hydrogen-bond donors (Lipinski definition) is 2. The molecule has 2 N–H and O–H groups in total.